The van der Waals surface area contributed by atoms with Crippen LogP contribution in [0.15, 0.2) is 84.9 Å². The van der Waals surface area contributed by atoms with E-state index in [4.69, 9.17) is 0 Å². The number of carbonyl (C=O) groups excluding carboxylic acids is 1. The Morgan fingerprint density at radius 2 is 1.29 bits per heavy atom. The molecule has 0 aromatic heterocycles. The molecule has 3 rings (SSSR count). The average molecular weight is 315 g/mol. The van der Waals surface area contributed by atoms with Gasteiger partial charge in [0, 0.05) is 18.0 Å². The van der Waals surface area contributed by atoms with Gasteiger partial charge in [-0.05, 0) is 30.2 Å². The number of rotatable bonds is 5. The topological polar surface area (TPSA) is 29.1 Å². The third-order valence-electron chi connectivity index (χ3n) is 4.18. The molecule has 0 aliphatic rings. The van der Waals surface area contributed by atoms with Gasteiger partial charge in [-0.3, -0.25) is 4.79 Å². The van der Waals surface area contributed by atoms with Crippen molar-refractivity contribution in [3.8, 4) is 0 Å². The zero-order valence-electron chi connectivity index (χ0n) is 13.8. The molecule has 24 heavy (non-hydrogen) atoms. The number of hydrogen-bond donors (Lipinski definition) is 1. The maximum Gasteiger partial charge on any atom is 0.251 e. The molecule has 1 N–H and O–H groups in total. The maximum atomic E-state index is 12.4. The molecule has 0 aliphatic heterocycles. The summed E-state index contributed by atoms with van der Waals surface area (Å²) < 4.78 is 0. The zero-order chi connectivity index (χ0) is 16.8. The van der Waals surface area contributed by atoms with Crippen LogP contribution in [0.4, 0.5) is 0 Å². The lowest BCUT2D eigenvalue weighted by Gasteiger charge is -2.19. The van der Waals surface area contributed by atoms with E-state index in [2.05, 4.69) is 29.6 Å². The second-order valence-corrected chi connectivity index (χ2v) is 5.95. The normalized spacial score (nSPS) is 10.6. The predicted molar refractivity (Wildman–Crippen MR) is 98.2 cm³/mol. The van der Waals surface area contributed by atoms with Crippen LogP contribution < -0.4 is 5.32 Å². The number of carbonyl (C=O) groups is 1. The van der Waals surface area contributed by atoms with Crippen LogP contribution in [0.5, 0.6) is 0 Å². The summed E-state index contributed by atoms with van der Waals surface area (Å²) in [5, 5.41) is 3.08. The van der Waals surface area contributed by atoms with Crippen LogP contribution in [-0.4, -0.2) is 12.5 Å². The van der Waals surface area contributed by atoms with Gasteiger partial charge >= 0.3 is 0 Å². The lowest BCUT2D eigenvalue weighted by Crippen LogP contribution is -2.28. The molecule has 0 fully saturated rings. The Morgan fingerprint density at radius 3 is 1.79 bits per heavy atom. The molecule has 0 heterocycles. The predicted octanol–water partition coefficient (Wildman–Crippen LogP) is 4.56. The molecular formula is C22H21NO. The van der Waals surface area contributed by atoms with Crippen molar-refractivity contribution in [1.29, 1.82) is 0 Å². The molecule has 0 unspecified atom stereocenters. The summed E-state index contributed by atoms with van der Waals surface area (Å²) in [6.07, 6.45) is 0. The van der Waals surface area contributed by atoms with Crippen LogP contribution in [0.2, 0.25) is 0 Å². The van der Waals surface area contributed by atoms with E-state index in [1.807, 2.05) is 67.6 Å². The van der Waals surface area contributed by atoms with Crippen molar-refractivity contribution in [2.24, 2.45) is 0 Å². The van der Waals surface area contributed by atoms with E-state index in [0.717, 1.165) is 5.56 Å². The zero-order valence-corrected chi connectivity index (χ0v) is 13.8. The Kier molecular flexibility index (Phi) is 5.07. The molecule has 0 spiro atoms. The third kappa shape index (κ3) is 3.90. The minimum absolute atomic E-state index is 0.0353. The summed E-state index contributed by atoms with van der Waals surface area (Å²) in [6, 6.07) is 28.2. The van der Waals surface area contributed by atoms with E-state index in [-0.39, 0.29) is 11.8 Å². The maximum absolute atomic E-state index is 12.4. The molecule has 0 aliphatic carbocycles. The summed E-state index contributed by atoms with van der Waals surface area (Å²) in [5.41, 5.74) is 4.25. The van der Waals surface area contributed by atoms with Crippen LogP contribution in [-0.2, 0) is 0 Å². The van der Waals surface area contributed by atoms with Gasteiger partial charge in [0.15, 0.2) is 0 Å². The molecule has 0 saturated heterocycles. The largest absolute Gasteiger partial charge is 0.351 e. The number of aryl methyl sites for hydroxylation is 1. The van der Waals surface area contributed by atoms with Crippen LogP contribution >= 0.6 is 0 Å². The van der Waals surface area contributed by atoms with Crippen molar-refractivity contribution in [2.75, 3.05) is 6.54 Å². The molecule has 120 valence electrons. The summed E-state index contributed by atoms with van der Waals surface area (Å²) in [7, 11) is 0. The summed E-state index contributed by atoms with van der Waals surface area (Å²) in [6.45, 7) is 2.59. The van der Waals surface area contributed by atoms with E-state index in [1.165, 1.54) is 11.1 Å². The van der Waals surface area contributed by atoms with Crippen molar-refractivity contribution in [3.05, 3.63) is 107 Å². The SMILES string of the molecule is Cc1ccc(C(=O)NCC(c2ccccc2)c2ccccc2)cc1. The van der Waals surface area contributed by atoms with Gasteiger partial charge in [-0.25, -0.2) is 0 Å². The molecule has 0 radical (unpaired) electrons. The quantitative estimate of drug-likeness (QED) is 0.735. The van der Waals surface area contributed by atoms with Crippen LogP contribution in [0.3, 0.4) is 0 Å². The van der Waals surface area contributed by atoms with Gasteiger partial charge in [0.1, 0.15) is 0 Å². The van der Waals surface area contributed by atoms with Crippen LogP contribution in [0, 0.1) is 6.92 Å². The van der Waals surface area contributed by atoms with Gasteiger partial charge in [-0.1, -0.05) is 78.4 Å². The van der Waals surface area contributed by atoms with Gasteiger partial charge < -0.3 is 5.32 Å². The minimum atomic E-state index is -0.0353. The Hall–Kier alpha value is -2.87. The fourth-order valence-electron chi connectivity index (χ4n) is 2.80. The van der Waals surface area contributed by atoms with Gasteiger partial charge in [0.05, 0.1) is 0 Å². The molecule has 0 saturated carbocycles. The van der Waals surface area contributed by atoms with Gasteiger partial charge in [-0.2, -0.15) is 0 Å². The highest BCUT2D eigenvalue weighted by Gasteiger charge is 2.15. The number of nitrogens with one attached hydrogen (secondary N) is 1. The van der Waals surface area contributed by atoms with Gasteiger partial charge in [0.2, 0.25) is 0 Å². The monoisotopic (exact) mass is 315 g/mol. The molecule has 0 bridgehead atoms. The highest BCUT2D eigenvalue weighted by atomic mass is 16.1. The smallest absolute Gasteiger partial charge is 0.251 e. The Morgan fingerprint density at radius 1 is 0.792 bits per heavy atom. The molecule has 3 aromatic carbocycles. The fraction of sp³-hybridized carbons (Fsp3) is 0.136. The number of benzene rings is 3. The first kappa shape index (κ1) is 16.0. The van der Waals surface area contributed by atoms with Crippen molar-refractivity contribution in [1.82, 2.24) is 5.32 Å². The fourth-order valence-corrected chi connectivity index (χ4v) is 2.80. The molecule has 2 nitrogen and oxygen atoms in total. The molecule has 0 atom stereocenters. The second kappa shape index (κ2) is 7.60. The standard InChI is InChI=1S/C22H21NO/c1-17-12-14-20(15-13-17)22(24)23-16-21(18-8-4-2-5-9-18)19-10-6-3-7-11-19/h2-15,21H,16H2,1H3,(H,23,24). The summed E-state index contributed by atoms with van der Waals surface area (Å²) in [4.78, 5) is 12.4. The molecule has 1 amide bonds. The first-order valence-corrected chi connectivity index (χ1v) is 8.19. The van der Waals surface area contributed by atoms with E-state index >= 15 is 0 Å². The third-order valence-corrected chi connectivity index (χ3v) is 4.18. The van der Waals surface area contributed by atoms with Crippen molar-refractivity contribution >= 4 is 5.91 Å². The molecular weight excluding hydrogens is 294 g/mol. The first-order valence-electron chi connectivity index (χ1n) is 8.19. The van der Waals surface area contributed by atoms with E-state index in [9.17, 15) is 4.79 Å². The van der Waals surface area contributed by atoms with E-state index in [0.29, 0.717) is 12.1 Å². The van der Waals surface area contributed by atoms with Gasteiger partial charge in [0.25, 0.3) is 5.91 Å². The molecule has 3 aromatic rings. The van der Waals surface area contributed by atoms with Crippen molar-refractivity contribution < 1.29 is 4.79 Å². The number of amides is 1. The van der Waals surface area contributed by atoms with Crippen LogP contribution in [0.25, 0.3) is 0 Å². The summed E-state index contributed by atoms with van der Waals surface area (Å²) in [5.74, 6) is 0.105. The molecule has 2 heteroatoms. The Balaban J connectivity index is 1.77. The highest BCUT2D eigenvalue weighted by molar-refractivity contribution is 5.94. The van der Waals surface area contributed by atoms with E-state index in [1.54, 1.807) is 0 Å². The summed E-state index contributed by atoms with van der Waals surface area (Å²) >= 11 is 0. The minimum Gasteiger partial charge on any atom is -0.351 e. The van der Waals surface area contributed by atoms with Crippen LogP contribution in [0.1, 0.15) is 33.0 Å². The number of hydrogen-bond acceptors (Lipinski definition) is 1. The lowest BCUT2D eigenvalue weighted by molar-refractivity contribution is 0.0952. The van der Waals surface area contributed by atoms with Crippen molar-refractivity contribution in [3.63, 3.8) is 0 Å². The first-order chi connectivity index (χ1) is 11.7. The average Bonchev–Trinajstić information content (AvgIpc) is 2.64. The second-order valence-electron chi connectivity index (χ2n) is 5.95. The van der Waals surface area contributed by atoms with Gasteiger partial charge in [-0.15, -0.1) is 0 Å². The van der Waals surface area contributed by atoms with Crippen molar-refractivity contribution in [2.45, 2.75) is 12.8 Å². The Bertz CT molecular complexity index is 740. The van der Waals surface area contributed by atoms with E-state index < -0.39 is 0 Å². The Labute approximate surface area is 143 Å². The highest BCUT2D eigenvalue weighted by Crippen LogP contribution is 2.23. The lowest BCUT2D eigenvalue weighted by atomic mass is 9.91.